The van der Waals surface area contributed by atoms with E-state index in [9.17, 15) is 9.59 Å². The van der Waals surface area contributed by atoms with Crippen molar-refractivity contribution in [3.8, 4) is 11.5 Å². The van der Waals surface area contributed by atoms with Gasteiger partial charge < -0.3 is 30.4 Å². The number of anilines is 1. The van der Waals surface area contributed by atoms with Crippen LogP contribution in [-0.2, 0) is 16.0 Å². The molecule has 0 radical (unpaired) electrons. The van der Waals surface area contributed by atoms with Gasteiger partial charge in [-0.15, -0.1) is 0 Å². The van der Waals surface area contributed by atoms with Gasteiger partial charge in [-0.1, -0.05) is 60.3 Å². The number of benzene rings is 2. The molecule has 0 aliphatic rings. The van der Waals surface area contributed by atoms with Gasteiger partial charge in [0.2, 0.25) is 0 Å². The van der Waals surface area contributed by atoms with Crippen LogP contribution in [0.4, 0.5) is 5.82 Å². The van der Waals surface area contributed by atoms with Crippen molar-refractivity contribution < 1.29 is 29.3 Å². The number of hydrogen-bond acceptors (Lipinski definition) is 8. The van der Waals surface area contributed by atoms with Crippen LogP contribution in [0.25, 0.3) is 11.2 Å². The summed E-state index contributed by atoms with van der Waals surface area (Å²) in [4.78, 5) is 35.9. The molecule has 11 nitrogen and oxygen atoms in total. The summed E-state index contributed by atoms with van der Waals surface area (Å²) >= 11 is 22.7. The van der Waals surface area contributed by atoms with Gasteiger partial charge in [0.05, 0.1) is 16.4 Å². The molecule has 4 rings (SSSR count). The Morgan fingerprint density at radius 3 is 1.85 bits per heavy atom. The highest BCUT2D eigenvalue weighted by molar-refractivity contribution is 6.36. The van der Waals surface area contributed by atoms with Gasteiger partial charge in [-0.2, -0.15) is 0 Å². The highest BCUT2D eigenvalue weighted by atomic mass is 35.5. The smallest absolute Gasteiger partial charge is 0.341 e. The maximum absolute atomic E-state index is 10.2. The SMILES string of the molecule is CC(C)CCc1nc(N)c2[nH]cnc2n1.O=C(O)COc1ccc(Cl)cc1Cl.O=C(O)COc1ccc(Cl)cc1Cl. The number of hydrogen-bond donors (Lipinski definition) is 4. The van der Waals surface area contributed by atoms with E-state index in [0.717, 1.165) is 24.2 Å². The number of nitrogens with one attached hydrogen (secondary N) is 1. The summed E-state index contributed by atoms with van der Waals surface area (Å²) in [6, 6.07) is 9.16. The van der Waals surface area contributed by atoms with Crippen LogP contribution >= 0.6 is 46.4 Å². The number of fused-ring (bicyclic) bond motifs is 1. The number of rotatable bonds is 9. The number of carboxylic acids is 2. The molecule has 15 heteroatoms. The van der Waals surface area contributed by atoms with E-state index in [1.807, 2.05) is 0 Å². The number of ether oxygens (including phenoxy) is 2. The van der Waals surface area contributed by atoms with Crippen LogP contribution in [0.5, 0.6) is 11.5 Å². The zero-order chi connectivity index (χ0) is 30.5. The molecule has 0 bridgehead atoms. The molecule has 220 valence electrons. The van der Waals surface area contributed by atoms with Crippen molar-refractivity contribution in [2.45, 2.75) is 26.7 Å². The molecule has 5 N–H and O–H groups in total. The van der Waals surface area contributed by atoms with Crippen LogP contribution in [0, 0.1) is 5.92 Å². The molecule has 2 aromatic heterocycles. The van der Waals surface area contributed by atoms with Crippen LogP contribution in [-0.4, -0.2) is 55.3 Å². The number of aromatic amines is 1. The van der Waals surface area contributed by atoms with E-state index in [4.69, 9.17) is 71.8 Å². The summed E-state index contributed by atoms with van der Waals surface area (Å²) in [6.45, 7) is 3.52. The number of aromatic nitrogens is 4. The number of nitrogens with two attached hydrogens (primary N) is 1. The minimum atomic E-state index is -1.05. The predicted octanol–water partition coefficient (Wildman–Crippen LogP) is 6.44. The Morgan fingerprint density at radius 1 is 0.902 bits per heavy atom. The van der Waals surface area contributed by atoms with Gasteiger partial charge in [-0.3, -0.25) is 0 Å². The average Bonchev–Trinajstić information content (AvgIpc) is 3.36. The molecule has 0 atom stereocenters. The Hall–Kier alpha value is -3.51. The summed E-state index contributed by atoms with van der Waals surface area (Å²) in [6.07, 6.45) is 3.50. The normalized spacial score (nSPS) is 10.3. The van der Waals surface area contributed by atoms with Crippen molar-refractivity contribution in [3.63, 3.8) is 0 Å². The van der Waals surface area contributed by atoms with Crippen LogP contribution < -0.4 is 15.2 Å². The quantitative estimate of drug-likeness (QED) is 0.158. The minimum absolute atomic E-state index is 0.300. The third-order valence-electron chi connectivity index (χ3n) is 4.80. The third kappa shape index (κ3) is 12.3. The molecule has 0 saturated carbocycles. The van der Waals surface area contributed by atoms with E-state index in [-0.39, 0.29) is 0 Å². The van der Waals surface area contributed by atoms with Crippen molar-refractivity contribution in [1.29, 1.82) is 0 Å². The monoisotopic (exact) mass is 645 g/mol. The van der Waals surface area contributed by atoms with Gasteiger partial charge in [-0.25, -0.2) is 24.5 Å². The second-order valence-electron chi connectivity index (χ2n) is 8.57. The highest BCUT2D eigenvalue weighted by Gasteiger charge is 2.08. The second kappa shape index (κ2) is 16.7. The van der Waals surface area contributed by atoms with E-state index >= 15 is 0 Å². The lowest BCUT2D eigenvalue weighted by molar-refractivity contribution is -0.140. The number of nitrogens with zero attached hydrogens (tertiary/aromatic N) is 3. The number of aryl methyl sites for hydroxylation is 1. The summed E-state index contributed by atoms with van der Waals surface area (Å²) in [5.41, 5.74) is 7.16. The summed E-state index contributed by atoms with van der Waals surface area (Å²) in [5.74, 6) is 0.431. The largest absolute Gasteiger partial charge is 0.480 e. The van der Waals surface area contributed by atoms with Crippen molar-refractivity contribution in [2.24, 2.45) is 5.92 Å². The average molecular weight is 647 g/mol. The predicted molar refractivity (Wildman–Crippen MR) is 158 cm³/mol. The first-order valence-corrected chi connectivity index (χ1v) is 13.4. The van der Waals surface area contributed by atoms with Gasteiger partial charge in [0, 0.05) is 16.5 Å². The molecule has 0 saturated heterocycles. The highest BCUT2D eigenvalue weighted by Crippen LogP contribution is 2.28. The number of nitrogen functional groups attached to an aromatic ring is 1. The molecule has 0 fully saturated rings. The zero-order valence-corrected chi connectivity index (χ0v) is 24.9. The molecule has 2 heterocycles. The van der Waals surface area contributed by atoms with E-state index < -0.39 is 25.2 Å². The molecule has 0 aliphatic heterocycles. The fourth-order valence-corrected chi connectivity index (χ4v) is 3.82. The van der Waals surface area contributed by atoms with Gasteiger partial charge >= 0.3 is 11.9 Å². The Kier molecular flexibility index (Phi) is 13.7. The van der Waals surface area contributed by atoms with Crippen molar-refractivity contribution in [1.82, 2.24) is 19.9 Å². The van der Waals surface area contributed by atoms with Gasteiger partial charge in [0.25, 0.3) is 0 Å². The first kappa shape index (κ1) is 33.7. The minimum Gasteiger partial charge on any atom is -0.480 e. The lowest BCUT2D eigenvalue weighted by atomic mass is 10.1. The molecular formula is C26H27Cl4N5O6. The van der Waals surface area contributed by atoms with Crippen LogP contribution in [0.2, 0.25) is 20.1 Å². The van der Waals surface area contributed by atoms with Crippen molar-refractivity contribution in [3.05, 3.63) is 68.6 Å². The topological polar surface area (TPSA) is 174 Å². The lowest BCUT2D eigenvalue weighted by Crippen LogP contribution is -2.09. The van der Waals surface area contributed by atoms with Crippen LogP contribution in [0.3, 0.4) is 0 Å². The van der Waals surface area contributed by atoms with Gasteiger partial charge in [0.15, 0.2) is 24.7 Å². The first-order valence-electron chi connectivity index (χ1n) is 11.9. The summed E-state index contributed by atoms with van der Waals surface area (Å²) < 4.78 is 9.73. The summed E-state index contributed by atoms with van der Waals surface area (Å²) in [5, 5.41) is 18.2. The Bertz CT molecular complexity index is 1400. The Balaban J connectivity index is 0.000000216. The molecule has 41 heavy (non-hydrogen) atoms. The molecule has 0 unspecified atom stereocenters. The maximum atomic E-state index is 10.2. The summed E-state index contributed by atoms with van der Waals surface area (Å²) in [7, 11) is 0. The Morgan fingerprint density at radius 2 is 1.41 bits per heavy atom. The van der Waals surface area contributed by atoms with Crippen molar-refractivity contribution >= 4 is 75.3 Å². The number of carbonyl (C=O) groups is 2. The fraction of sp³-hybridized carbons (Fsp3) is 0.269. The first-order chi connectivity index (χ1) is 19.3. The maximum Gasteiger partial charge on any atom is 0.341 e. The van der Waals surface area contributed by atoms with Crippen LogP contribution in [0.1, 0.15) is 26.1 Å². The molecule has 0 spiro atoms. The molecule has 2 aromatic carbocycles. The number of carboxylic acid groups (broad SMARTS) is 2. The Labute approximate surface area is 255 Å². The zero-order valence-electron chi connectivity index (χ0n) is 21.9. The van der Waals surface area contributed by atoms with E-state index in [1.54, 1.807) is 18.5 Å². The molecule has 4 aromatic rings. The van der Waals surface area contributed by atoms with Gasteiger partial charge in [0.1, 0.15) is 22.8 Å². The number of aliphatic carboxylic acids is 2. The number of halogens is 4. The second-order valence-corrected chi connectivity index (χ2v) is 10.3. The van der Waals surface area contributed by atoms with E-state index in [1.165, 1.54) is 24.3 Å². The van der Waals surface area contributed by atoms with Crippen LogP contribution in [0.15, 0.2) is 42.7 Å². The number of imidazole rings is 1. The lowest BCUT2D eigenvalue weighted by Gasteiger charge is -2.04. The van der Waals surface area contributed by atoms with Crippen molar-refractivity contribution in [2.75, 3.05) is 18.9 Å². The van der Waals surface area contributed by atoms with E-state index in [0.29, 0.717) is 49.0 Å². The molecule has 0 amide bonds. The molecule has 0 aliphatic carbocycles. The van der Waals surface area contributed by atoms with E-state index in [2.05, 4.69) is 33.8 Å². The fourth-order valence-electron chi connectivity index (χ4n) is 2.90. The standard InChI is InChI=1S/C10H15N5.2C8H6Cl2O3/c1-6(2)3-4-7-14-9(11)8-10(15-7)13-5-12-8;2*9-5-1-2-7(6(10)3-5)13-4-8(11)12/h5-6H,3-4H2,1-2H3,(H3,11,12,13,14,15);2*1-3H,4H2,(H,11,12). The third-order valence-corrected chi connectivity index (χ3v) is 5.86. The number of H-pyrrole nitrogens is 1. The molecular weight excluding hydrogens is 620 g/mol. The van der Waals surface area contributed by atoms with Gasteiger partial charge in [-0.05, 0) is 48.7 Å².